The number of nitrogens with two attached hydrogens (primary N) is 1. The van der Waals surface area contributed by atoms with Gasteiger partial charge in [-0.05, 0) is 32.3 Å². The fourth-order valence-corrected chi connectivity index (χ4v) is 2.52. The van der Waals surface area contributed by atoms with Crippen molar-refractivity contribution < 1.29 is 18.7 Å². The number of nitrogens with one attached hydrogen (secondary N) is 1. The van der Waals surface area contributed by atoms with E-state index in [1.807, 2.05) is 0 Å². The van der Waals surface area contributed by atoms with E-state index in [9.17, 15) is 9.59 Å². The van der Waals surface area contributed by atoms with Gasteiger partial charge >= 0.3 is 5.97 Å². The van der Waals surface area contributed by atoms with Crippen LogP contribution in [0, 0.1) is 12.8 Å². The quantitative estimate of drug-likeness (QED) is 0.806. The molecule has 0 bridgehead atoms. The summed E-state index contributed by atoms with van der Waals surface area (Å²) in [4.78, 5) is 23.4. The van der Waals surface area contributed by atoms with Crippen molar-refractivity contribution in [3.8, 4) is 0 Å². The minimum Gasteiger partial charge on any atom is -0.465 e. The van der Waals surface area contributed by atoms with Crippen LogP contribution in [0.15, 0.2) is 10.5 Å². The van der Waals surface area contributed by atoms with Gasteiger partial charge in [-0.3, -0.25) is 4.79 Å². The molecule has 6 nitrogen and oxygen atoms in total. The van der Waals surface area contributed by atoms with E-state index in [0.717, 1.165) is 19.3 Å². The Morgan fingerprint density at radius 3 is 2.85 bits per heavy atom. The molecule has 1 amide bonds. The number of aryl methyl sites for hydroxylation is 1. The maximum absolute atomic E-state index is 11.9. The molecule has 2 atom stereocenters. The van der Waals surface area contributed by atoms with Crippen molar-refractivity contribution in [2.24, 2.45) is 11.7 Å². The molecule has 1 aliphatic rings. The predicted octanol–water partition coefficient (Wildman–Crippen LogP) is 1.12. The van der Waals surface area contributed by atoms with Crippen LogP contribution in [0.5, 0.6) is 0 Å². The second-order valence-corrected chi connectivity index (χ2v) is 5.16. The number of carbonyl (C=O) groups is 2. The Morgan fingerprint density at radius 2 is 2.25 bits per heavy atom. The van der Waals surface area contributed by atoms with E-state index in [1.54, 1.807) is 13.0 Å². The van der Waals surface area contributed by atoms with Gasteiger partial charge in [0, 0.05) is 12.0 Å². The minimum absolute atomic E-state index is 0.00776. The van der Waals surface area contributed by atoms with E-state index in [-0.39, 0.29) is 24.4 Å². The summed E-state index contributed by atoms with van der Waals surface area (Å²) in [7, 11) is 1.32. The molecular formula is C14H20N2O4. The molecule has 2 rings (SSSR count). The highest BCUT2D eigenvalue weighted by Crippen LogP contribution is 2.24. The molecule has 1 saturated carbocycles. The van der Waals surface area contributed by atoms with Crippen molar-refractivity contribution in [2.75, 3.05) is 7.11 Å². The van der Waals surface area contributed by atoms with Crippen molar-refractivity contribution in [1.29, 1.82) is 0 Å². The fourth-order valence-electron chi connectivity index (χ4n) is 2.52. The Bertz CT molecular complexity index is 509. The number of rotatable bonds is 4. The van der Waals surface area contributed by atoms with Gasteiger partial charge in [0.2, 0.25) is 5.91 Å². The van der Waals surface area contributed by atoms with E-state index in [0.29, 0.717) is 17.1 Å². The molecular weight excluding hydrogens is 260 g/mol. The van der Waals surface area contributed by atoms with Crippen molar-refractivity contribution in [3.05, 3.63) is 23.2 Å². The molecule has 110 valence electrons. The molecule has 0 aromatic carbocycles. The van der Waals surface area contributed by atoms with Gasteiger partial charge in [-0.1, -0.05) is 0 Å². The summed E-state index contributed by atoms with van der Waals surface area (Å²) >= 11 is 0. The lowest BCUT2D eigenvalue weighted by molar-refractivity contribution is -0.125. The van der Waals surface area contributed by atoms with Crippen LogP contribution in [0.25, 0.3) is 0 Å². The lowest BCUT2D eigenvalue weighted by Gasteiger charge is -2.09. The topological polar surface area (TPSA) is 94.6 Å². The predicted molar refractivity (Wildman–Crippen MR) is 71.9 cm³/mol. The third-order valence-electron chi connectivity index (χ3n) is 3.65. The highest BCUT2D eigenvalue weighted by Gasteiger charge is 2.27. The molecule has 1 heterocycles. The van der Waals surface area contributed by atoms with E-state index in [1.165, 1.54) is 7.11 Å². The molecule has 6 heteroatoms. The summed E-state index contributed by atoms with van der Waals surface area (Å²) in [6.45, 7) is 1.95. The number of furan rings is 1. The minimum atomic E-state index is -0.439. The fraction of sp³-hybridized carbons (Fsp3) is 0.571. The van der Waals surface area contributed by atoms with Gasteiger partial charge in [0.05, 0.1) is 13.7 Å². The smallest absolute Gasteiger partial charge is 0.341 e. The van der Waals surface area contributed by atoms with Crippen LogP contribution in [0.4, 0.5) is 0 Å². The summed E-state index contributed by atoms with van der Waals surface area (Å²) in [5.74, 6) is 0.570. The molecule has 0 spiro atoms. The van der Waals surface area contributed by atoms with Gasteiger partial charge in [0.25, 0.3) is 0 Å². The molecule has 1 aromatic rings. The standard InChI is InChI=1S/C14H20N2O4/c1-8-12(14(18)19-2)6-11(20-8)7-16-13(17)9-3-4-10(15)5-9/h6,9-10H,3-5,7,15H2,1-2H3,(H,16,17). The van der Waals surface area contributed by atoms with Gasteiger partial charge in [0.1, 0.15) is 17.1 Å². The Kier molecular flexibility index (Phi) is 4.44. The number of esters is 1. The zero-order valence-electron chi connectivity index (χ0n) is 11.8. The average molecular weight is 280 g/mol. The molecule has 1 aliphatic carbocycles. The average Bonchev–Trinajstić information content (AvgIpc) is 3.01. The van der Waals surface area contributed by atoms with Crippen LogP contribution in [-0.2, 0) is 16.1 Å². The first-order chi connectivity index (χ1) is 9.51. The first-order valence-electron chi connectivity index (χ1n) is 6.72. The van der Waals surface area contributed by atoms with Crippen LogP contribution in [-0.4, -0.2) is 25.0 Å². The van der Waals surface area contributed by atoms with E-state index in [2.05, 4.69) is 10.1 Å². The summed E-state index contributed by atoms with van der Waals surface area (Å²) in [5, 5.41) is 2.82. The lowest BCUT2D eigenvalue weighted by atomic mass is 10.1. The Balaban J connectivity index is 1.91. The molecule has 0 aliphatic heterocycles. The van der Waals surface area contributed by atoms with Crippen molar-refractivity contribution in [1.82, 2.24) is 5.32 Å². The molecule has 0 saturated heterocycles. The SMILES string of the molecule is COC(=O)c1cc(CNC(=O)C2CCC(N)C2)oc1C. The molecule has 3 N–H and O–H groups in total. The molecule has 20 heavy (non-hydrogen) atoms. The highest BCUT2D eigenvalue weighted by molar-refractivity contribution is 5.90. The van der Waals surface area contributed by atoms with Crippen LogP contribution in [0.2, 0.25) is 0 Å². The third kappa shape index (κ3) is 3.19. The van der Waals surface area contributed by atoms with Gasteiger partial charge in [-0.15, -0.1) is 0 Å². The number of hydrogen-bond acceptors (Lipinski definition) is 5. The zero-order valence-corrected chi connectivity index (χ0v) is 11.8. The summed E-state index contributed by atoms with van der Waals surface area (Å²) < 4.78 is 10.1. The monoisotopic (exact) mass is 280 g/mol. The van der Waals surface area contributed by atoms with Crippen LogP contribution in [0.3, 0.4) is 0 Å². The van der Waals surface area contributed by atoms with E-state index < -0.39 is 5.97 Å². The van der Waals surface area contributed by atoms with Gasteiger partial charge in [-0.2, -0.15) is 0 Å². The lowest BCUT2D eigenvalue weighted by Crippen LogP contribution is -2.29. The first kappa shape index (κ1) is 14.6. The number of hydrogen-bond donors (Lipinski definition) is 2. The highest BCUT2D eigenvalue weighted by atomic mass is 16.5. The van der Waals surface area contributed by atoms with Crippen molar-refractivity contribution in [2.45, 2.75) is 38.8 Å². The molecule has 1 fully saturated rings. The Labute approximate surface area is 117 Å². The maximum atomic E-state index is 11.9. The first-order valence-corrected chi connectivity index (χ1v) is 6.72. The van der Waals surface area contributed by atoms with Crippen LogP contribution in [0.1, 0.15) is 41.1 Å². The van der Waals surface area contributed by atoms with Crippen molar-refractivity contribution in [3.63, 3.8) is 0 Å². The molecule has 2 unspecified atom stereocenters. The second kappa shape index (κ2) is 6.09. The summed E-state index contributed by atoms with van der Waals surface area (Å²) in [6, 6.07) is 1.73. The number of carbonyl (C=O) groups excluding carboxylic acids is 2. The van der Waals surface area contributed by atoms with E-state index >= 15 is 0 Å². The summed E-state index contributed by atoms with van der Waals surface area (Å²) in [6.07, 6.45) is 2.46. The normalized spacial score (nSPS) is 21.8. The van der Waals surface area contributed by atoms with Gasteiger partial charge in [-0.25, -0.2) is 4.79 Å². The number of amides is 1. The molecule has 1 aromatic heterocycles. The molecule has 0 radical (unpaired) electrons. The number of methoxy groups -OCH3 is 1. The van der Waals surface area contributed by atoms with Crippen LogP contribution >= 0.6 is 0 Å². The maximum Gasteiger partial charge on any atom is 0.341 e. The Hall–Kier alpha value is -1.82. The third-order valence-corrected chi connectivity index (χ3v) is 3.65. The second-order valence-electron chi connectivity index (χ2n) is 5.16. The van der Waals surface area contributed by atoms with Crippen LogP contribution < -0.4 is 11.1 Å². The largest absolute Gasteiger partial charge is 0.465 e. The van der Waals surface area contributed by atoms with Gasteiger partial charge in [0.15, 0.2) is 0 Å². The van der Waals surface area contributed by atoms with E-state index in [4.69, 9.17) is 10.2 Å². The van der Waals surface area contributed by atoms with Crippen molar-refractivity contribution >= 4 is 11.9 Å². The summed E-state index contributed by atoms with van der Waals surface area (Å²) in [5.41, 5.74) is 6.18. The number of ether oxygens (including phenoxy) is 1. The zero-order chi connectivity index (χ0) is 14.7. The van der Waals surface area contributed by atoms with Gasteiger partial charge < -0.3 is 20.2 Å². The Morgan fingerprint density at radius 1 is 1.50 bits per heavy atom.